The average molecular weight is 316 g/mol. The van der Waals surface area contributed by atoms with Gasteiger partial charge in [-0.3, -0.25) is 0 Å². The van der Waals surface area contributed by atoms with Crippen molar-refractivity contribution < 1.29 is 8.42 Å². The minimum Gasteiger partial charge on any atom is -0.395 e. The summed E-state index contributed by atoms with van der Waals surface area (Å²) >= 11 is 6.99. The van der Waals surface area contributed by atoms with Crippen molar-refractivity contribution in [1.82, 2.24) is 9.97 Å². The van der Waals surface area contributed by atoms with Gasteiger partial charge in [-0.05, 0) is 35.9 Å². The Morgan fingerprint density at radius 3 is 2.47 bits per heavy atom. The van der Waals surface area contributed by atoms with Crippen LogP contribution in [0.15, 0.2) is 45.3 Å². The predicted molar refractivity (Wildman–Crippen MR) is 75.1 cm³/mol. The molecule has 0 aliphatic carbocycles. The van der Waals surface area contributed by atoms with Crippen molar-refractivity contribution in [2.45, 2.75) is 14.8 Å². The first-order valence-corrected chi connectivity index (χ1v) is 8.21. The van der Waals surface area contributed by atoms with Gasteiger partial charge in [0.25, 0.3) is 0 Å². The smallest absolute Gasteiger partial charge is 0.223 e. The quantitative estimate of drug-likeness (QED) is 0.690. The second-order valence-electron chi connectivity index (χ2n) is 3.75. The third-order valence-corrected chi connectivity index (χ3v) is 4.56. The van der Waals surface area contributed by atoms with Gasteiger partial charge in [0.05, 0.1) is 16.8 Å². The molecule has 5 nitrogen and oxygen atoms in total. The molecule has 1 heterocycles. The highest BCUT2D eigenvalue weighted by Crippen LogP contribution is 2.31. The maximum Gasteiger partial charge on any atom is 0.223 e. The predicted octanol–water partition coefficient (Wildman–Crippen LogP) is 2.27. The van der Waals surface area contributed by atoms with E-state index in [2.05, 4.69) is 9.97 Å². The third-order valence-electron chi connectivity index (χ3n) is 2.22. The van der Waals surface area contributed by atoms with E-state index in [1.165, 1.54) is 30.1 Å². The van der Waals surface area contributed by atoms with Crippen LogP contribution in [0.25, 0.3) is 0 Å². The van der Waals surface area contributed by atoms with Crippen LogP contribution in [0.4, 0.5) is 5.69 Å². The number of sulfone groups is 1. The summed E-state index contributed by atoms with van der Waals surface area (Å²) in [6.07, 6.45) is 2.60. The average Bonchev–Trinajstić information content (AvgIpc) is 2.33. The number of nitrogens with zero attached hydrogens (tertiary/aromatic N) is 2. The highest BCUT2D eigenvalue weighted by atomic mass is 35.5. The van der Waals surface area contributed by atoms with Crippen LogP contribution in [-0.2, 0) is 9.84 Å². The molecule has 0 aliphatic rings. The zero-order chi connectivity index (χ0) is 14.0. The molecule has 2 aromatic rings. The fraction of sp³-hybridized carbons (Fsp3) is 0.0909. The minimum atomic E-state index is -3.19. The fourth-order valence-corrected chi connectivity index (χ4v) is 2.92. The van der Waals surface area contributed by atoms with E-state index in [0.29, 0.717) is 10.7 Å². The van der Waals surface area contributed by atoms with E-state index in [1.54, 1.807) is 12.1 Å². The van der Waals surface area contributed by atoms with E-state index in [4.69, 9.17) is 17.3 Å². The molecule has 0 aliphatic heterocycles. The first-order chi connectivity index (χ1) is 8.86. The summed E-state index contributed by atoms with van der Waals surface area (Å²) in [5.41, 5.74) is 6.15. The molecule has 0 amide bonds. The lowest BCUT2D eigenvalue weighted by Crippen LogP contribution is -1.96. The normalized spacial score (nSPS) is 11.5. The molecule has 2 rings (SSSR count). The molecule has 0 radical (unpaired) electrons. The molecule has 1 aromatic heterocycles. The molecule has 0 saturated heterocycles. The molecule has 1 aromatic carbocycles. The number of benzene rings is 1. The summed E-state index contributed by atoms with van der Waals surface area (Å²) in [6.45, 7) is 0. The molecule has 0 unspecified atom stereocenters. The van der Waals surface area contributed by atoms with Crippen molar-refractivity contribution >= 4 is 38.9 Å². The van der Waals surface area contributed by atoms with E-state index < -0.39 is 9.84 Å². The molecule has 0 saturated carbocycles. The van der Waals surface area contributed by atoms with Crippen LogP contribution < -0.4 is 5.73 Å². The van der Waals surface area contributed by atoms with Gasteiger partial charge in [-0.1, -0.05) is 11.8 Å². The van der Waals surface area contributed by atoms with Crippen LogP contribution in [0, 0.1) is 0 Å². The minimum absolute atomic E-state index is 0.115. The van der Waals surface area contributed by atoms with Crippen molar-refractivity contribution in [1.29, 1.82) is 0 Å². The lowest BCUT2D eigenvalue weighted by molar-refractivity contribution is 0.602. The fourth-order valence-electron chi connectivity index (χ4n) is 1.30. The summed E-state index contributed by atoms with van der Waals surface area (Å²) in [5, 5.41) is 0.650. The van der Waals surface area contributed by atoms with Crippen molar-refractivity contribution in [2.24, 2.45) is 0 Å². The van der Waals surface area contributed by atoms with Crippen LogP contribution in [0.2, 0.25) is 5.28 Å². The Balaban J connectivity index is 2.27. The number of rotatable bonds is 3. The van der Waals surface area contributed by atoms with Gasteiger partial charge in [0.15, 0.2) is 9.84 Å². The Morgan fingerprint density at radius 1 is 1.26 bits per heavy atom. The van der Waals surface area contributed by atoms with Gasteiger partial charge in [0, 0.05) is 11.2 Å². The number of nitrogens with two attached hydrogens (primary N) is 1. The van der Waals surface area contributed by atoms with Gasteiger partial charge >= 0.3 is 0 Å². The lowest BCUT2D eigenvalue weighted by atomic mass is 10.4. The maximum absolute atomic E-state index is 11.3. The Morgan fingerprint density at radius 2 is 1.89 bits per heavy atom. The van der Waals surface area contributed by atoms with E-state index >= 15 is 0 Å². The number of anilines is 1. The molecule has 2 N–H and O–H groups in total. The van der Waals surface area contributed by atoms with Gasteiger partial charge in [0.1, 0.15) is 5.03 Å². The second kappa shape index (κ2) is 5.36. The lowest BCUT2D eigenvalue weighted by Gasteiger charge is -2.05. The number of hydrogen-bond acceptors (Lipinski definition) is 6. The molecule has 0 spiro atoms. The second-order valence-corrected chi connectivity index (χ2v) is 7.16. The Kier molecular flexibility index (Phi) is 3.98. The zero-order valence-corrected chi connectivity index (χ0v) is 12.3. The van der Waals surface area contributed by atoms with Crippen molar-refractivity contribution in [3.05, 3.63) is 35.7 Å². The van der Waals surface area contributed by atoms with Gasteiger partial charge in [0.2, 0.25) is 5.28 Å². The molecule has 0 atom stereocenters. The van der Waals surface area contributed by atoms with Gasteiger partial charge in [-0.25, -0.2) is 18.4 Å². The van der Waals surface area contributed by atoms with Crippen molar-refractivity contribution in [3.63, 3.8) is 0 Å². The van der Waals surface area contributed by atoms with Crippen molar-refractivity contribution in [2.75, 3.05) is 12.0 Å². The van der Waals surface area contributed by atoms with Crippen LogP contribution >= 0.6 is 23.4 Å². The Bertz CT molecular complexity index is 702. The molecule has 100 valence electrons. The number of halogens is 1. The summed E-state index contributed by atoms with van der Waals surface area (Å²) < 4.78 is 22.7. The monoisotopic (exact) mass is 315 g/mol. The topological polar surface area (TPSA) is 85.9 Å². The summed E-state index contributed by atoms with van der Waals surface area (Å²) in [6, 6.07) is 6.46. The van der Waals surface area contributed by atoms with Crippen LogP contribution in [0.1, 0.15) is 0 Å². The summed E-state index contributed by atoms with van der Waals surface area (Å²) in [5.74, 6) is 0. The first-order valence-electron chi connectivity index (χ1n) is 5.12. The maximum atomic E-state index is 11.3. The third kappa shape index (κ3) is 3.59. The highest BCUT2D eigenvalue weighted by Gasteiger charge is 2.09. The molecule has 0 bridgehead atoms. The van der Waals surface area contributed by atoms with Crippen molar-refractivity contribution in [3.8, 4) is 0 Å². The molecule has 0 fully saturated rings. The van der Waals surface area contributed by atoms with Gasteiger partial charge in [-0.2, -0.15) is 0 Å². The SMILES string of the molecule is CS(=O)(=O)c1ccc(Sc2nc(Cl)ncc2N)cc1. The number of nitrogen functional groups attached to an aromatic ring is 1. The Hall–Kier alpha value is -1.31. The van der Waals surface area contributed by atoms with E-state index in [0.717, 1.165) is 11.2 Å². The van der Waals surface area contributed by atoms with Gasteiger partial charge < -0.3 is 5.73 Å². The highest BCUT2D eigenvalue weighted by molar-refractivity contribution is 7.99. The molecular formula is C11H10ClN3O2S2. The van der Waals surface area contributed by atoms with Crippen LogP contribution in [0.5, 0.6) is 0 Å². The zero-order valence-electron chi connectivity index (χ0n) is 9.87. The molecule has 8 heteroatoms. The number of hydrogen-bond donors (Lipinski definition) is 1. The Labute approximate surface area is 120 Å². The van der Waals surface area contributed by atoms with Crippen LogP contribution in [0.3, 0.4) is 0 Å². The summed E-state index contributed by atoms with van der Waals surface area (Å²) in [7, 11) is -3.19. The summed E-state index contributed by atoms with van der Waals surface area (Å²) in [4.78, 5) is 8.86. The first kappa shape index (κ1) is 14.1. The van der Waals surface area contributed by atoms with E-state index in [9.17, 15) is 8.42 Å². The number of aromatic nitrogens is 2. The van der Waals surface area contributed by atoms with E-state index in [-0.39, 0.29) is 10.2 Å². The standard InChI is InChI=1S/C11H10ClN3O2S2/c1-19(16,17)8-4-2-7(3-5-8)18-10-9(13)6-14-11(12)15-10/h2-6H,13H2,1H3. The van der Waals surface area contributed by atoms with E-state index in [1.807, 2.05) is 0 Å². The van der Waals surface area contributed by atoms with Crippen LogP contribution in [-0.4, -0.2) is 24.6 Å². The largest absolute Gasteiger partial charge is 0.395 e. The molecular weight excluding hydrogens is 306 g/mol. The van der Waals surface area contributed by atoms with Gasteiger partial charge in [-0.15, -0.1) is 0 Å². The molecule has 19 heavy (non-hydrogen) atoms.